The van der Waals surface area contributed by atoms with E-state index in [4.69, 9.17) is 4.74 Å². The number of rotatable bonds is 5. The Balaban J connectivity index is 1.95. The molecule has 0 saturated heterocycles. The number of nitrogens with one attached hydrogen (secondary N) is 1. The number of aromatic nitrogens is 3. The number of aryl methyl sites for hydroxylation is 3. The van der Waals surface area contributed by atoms with E-state index >= 15 is 0 Å². The fraction of sp³-hybridized carbons (Fsp3) is 0.238. The lowest BCUT2D eigenvalue weighted by molar-refractivity contribution is 0.102. The maximum Gasteiger partial charge on any atom is 0.264 e. The molecule has 2 heterocycles. The number of pyridine rings is 1. The van der Waals surface area contributed by atoms with E-state index in [1.165, 1.54) is 11.7 Å². The van der Waals surface area contributed by atoms with Crippen molar-refractivity contribution >= 4 is 11.6 Å². The molecule has 1 N–H and O–H groups in total. The molecule has 28 heavy (non-hydrogen) atoms. The maximum absolute atomic E-state index is 13.0. The van der Waals surface area contributed by atoms with Crippen molar-refractivity contribution in [1.29, 1.82) is 0 Å². The number of carbonyl (C=O) groups excluding carboxylic acids is 1. The molecule has 2 aromatic heterocycles. The van der Waals surface area contributed by atoms with Crippen LogP contribution < -0.4 is 15.6 Å². The molecule has 0 radical (unpaired) electrons. The third-order valence-electron chi connectivity index (χ3n) is 4.46. The topological polar surface area (TPSA) is 86.1 Å². The Morgan fingerprint density at radius 2 is 1.89 bits per heavy atom. The quantitative estimate of drug-likeness (QED) is 0.738. The monoisotopic (exact) mass is 378 g/mol. The molecule has 7 nitrogen and oxygen atoms in total. The second-order valence-electron chi connectivity index (χ2n) is 6.56. The van der Waals surface area contributed by atoms with Crippen LogP contribution in [-0.4, -0.2) is 27.6 Å². The van der Waals surface area contributed by atoms with E-state index in [-0.39, 0.29) is 17.7 Å². The zero-order valence-electron chi connectivity index (χ0n) is 16.3. The van der Waals surface area contributed by atoms with Crippen molar-refractivity contribution in [3.8, 4) is 5.75 Å². The number of hydrogen-bond donors (Lipinski definition) is 1. The van der Waals surface area contributed by atoms with Gasteiger partial charge in [-0.3, -0.25) is 19.6 Å². The molecule has 0 aliphatic rings. The van der Waals surface area contributed by atoms with Gasteiger partial charge >= 0.3 is 0 Å². The first kappa shape index (κ1) is 19.3. The highest BCUT2D eigenvalue weighted by molar-refractivity contribution is 6.06. The van der Waals surface area contributed by atoms with E-state index in [1.54, 1.807) is 37.6 Å². The van der Waals surface area contributed by atoms with Crippen LogP contribution in [0.3, 0.4) is 0 Å². The number of methoxy groups -OCH3 is 1. The van der Waals surface area contributed by atoms with Gasteiger partial charge in [-0.25, -0.2) is 0 Å². The van der Waals surface area contributed by atoms with Gasteiger partial charge in [0.05, 0.1) is 36.9 Å². The van der Waals surface area contributed by atoms with Crippen LogP contribution in [0.5, 0.6) is 5.75 Å². The van der Waals surface area contributed by atoms with Gasteiger partial charge in [-0.1, -0.05) is 12.1 Å². The van der Waals surface area contributed by atoms with Crippen LogP contribution in [0.15, 0.2) is 47.7 Å². The van der Waals surface area contributed by atoms with Crippen LogP contribution in [0.4, 0.5) is 5.69 Å². The normalized spacial score (nSPS) is 10.6. The number of para-hydroxylation sites is 1. The molecular weight excluding hydrogens is 356 g/mol. The summed E-state index contributed by atoms with van der Waals surface area (Å²) < 4.78 is 6.78. The summed E-state index contributed by atoms with van der Waals surface area (Å²) in [6.07, 6.45) is 4.93. The number of carbonyl (C=O) groups is 1. The molecule has 3 rings (SSSR count). The molecule has 3 aromatic rings. The van der Waals surface area contributed by atoms with Crippen molar-refractivity contribution in [3.05, 3.63) is 81.3 Å². The maximum atomic E-state index is 13.0. The van der Waals surface area contributed by atoms with Gasteiger partial charge in [-0.15, -0.1) is 0 Å². The lowest BCUT2D eigenvalue weighted by atomic mass is 10.1. The molecule has 0 saturated carbocycles. The highest BCUT2D eigenvalue weighted by atomic mass is 16.5. The summed E-state index contributed by atoms with van der Waals surface area (Å²) >= 11 is 0. The first-order valence-corrected chi connectivity index (χ1v) is 8.83. The summed E-state index contributed by atoms with van der Waals surface area (Å²) in [7, 11) is 1.54. The fourth-order valence-electron chi connectivity index (χ4n) is 2.89. The number of hydrogen-bond acceptors (Lipinski definition) is 5. The Morgan fingerprint density at radius 1 is 1.11 bits per heavy atom. The van der Waals surface area contributed by atoms with E-state index in [2.05, 4.69) is 15.3 Å². The average molecular weight is 378 g/mol. The summed E-state index contributed by atoms with van der Waals surface area (Å²) in [4.78, 5) is 34.3. The van der Waals surface area contributed by atoms with E-state index in [0.717, 1.165) is 11.3 Å². The summed E-state index contributed by atoms with van der Waals surface area (Å²) in [6.45, 7) is 5.68. The second-order valence-corrected chi connectivity index (χ2v) is 6.56. The van der Waals surface area contributed by atoms with Gasteiger partial charge in [0.15, 0.2) is 0 Å². The molecule has 7 heteroatoms. The van der Waals surface area contributed by atoms with Crippen molar-refractivity contribution in [1.82, 2.24) is 14.5 Å². The molecule has 0 atom stereocenters. The minimum Gasteiger partial charge on any atom is -0.495 e. The number of ether oxygens (including phenoxy) is 1. The smallest absolute Gasteiger partial charge is 0.264 e. The van der Waals surface area contributed by atoms with Crippen LogP contribution >= 0.6 is 0 Å². The van der Waals surface area contributed by atoms with Gasteiger partial charge in [0, 0.05) is 12.4 Å². The van der Waals surface area contributed by atoms with Crippen molar-refractivity contribution < 1.29 is 9.53 Å². The zero-order chi connectivity index (χ0) is 20.3. The van der Waals surface area contributed by atoms with Crippen LogP contribution in [-0.2, 0) is 6.54 Å². The van der Waals surface area contributed by atoms with E-state index in [1.807, 2.05) is 26.0 Å². The number of nitrogens with zero attached hydrogens (tertiary/aromatic N) is 3. The Labute approximate surface area is 163 Å². The minimum atomic E-state index is -0.473. The SMILES string of the molecule is COc1cccc(C)c1NC(=O)c1c(C)ccn(Cc2cnc(C)cn2)c1=O. The first-order chi connectivity index (χ1) is 13.4. The number of benzene rings is 1. The second kappa shape index (κ2) is 8.04. The molecule has 0 fully saturated rings. The minimum absolute atomic E-state index is 0.0906. The van der Waals surface area contributed by atoms with Crippen LogP contribution in [0.25, 0.3) is 0 Å². The predicted molar refractivity (Wildman–Crippen MR) is 107 cm³/mol. The largest absolute Gasteiger partial charge is 0.495 e. The first-order valence-electron chi connectivity index (χ1n) is 8.83. The Bertz CT molecular complexity index is 1070. The van der Waals surface area contributed by atoms with E-state index in [9.17, 15) is 9.59 Å². The molecule has 0 aliphatic heterocycles. The van der Waals surface area contributed by atoms with Crippen LogP contribution in [0.2, 0.25) is 0 Å². The highest BCUT2D eigenvalue weighted by Crippen LogP contribution is 2.28. The summed E-state index contributed by atoms with van der Waals surface area (Å²) in [5.74, 6) is 0.0663. The van der Waals surface area contributed by atoms with E-state index < -0.39 is 5.91 Å². The average Bonchev–Trinajstić information content (AvgIpc) is 2.67. The molecule has 1 amide bonds. The molecule has 0 spiro atoms. The molecule has 1 aromatic carbocycles. The highest BCUT2D eigenvalue weighted by Gasteiger charge is 2.18. The van der Waals surface area contributed by atoms with Crippen molar-refractivity contribution in [3.63, 3.8) is 0 Å². The third kappa shape index (κ3) is 3.93. The molecule has 0 aliphatic carbocycles. The third-order valence-corrected chi connectivity index (χ3v) is 4.46. The summed E-state index contributed by atoms with van der Waals surface area (Å²) in [6, 6.07) is 7.21. The van der Waals surface area contributed by atoms with Crippen molar-refractivity contribution in [2.24, 2.45) is 0 Å². The van der Waals surface area contributed by atoms with Crippen LogP contribution in [0.1, 0.15) is 32.9 Å². The molecule has 0 bridgehead atoms. The van der Waals surface area contributed by atoms with Gasteiger partial charge < -0.3 is 14.6 Å². The number of anilines is 1. The Kier molecular flexibility index (Phi) is 5.54. The molecule has 144 valence electrons. The summed E-state index contributed by atoms with van der Waals surface area (Å²) in [5, 5.41) is 2.82. The Morgan fingerprint density at radius 3 is 2.57 bits per heavy atom. The standard InChI is InChI=1S/C21H22N4O3/c1-13-8-9-25(12-16-11-22-15(3)10-23-16)21(27)18(13)20(26)24-19-14(2)6-5-7-17(19)28-4/h5-11H,12H2,1-4H3,(H,24,26). The fourth-order valence-corrected chi connectivity index (χ4v) is 2.89. The predicted octanol–water partition coefficient (Wildman–Crippen LogP) is 2.87. The molecular formula is C21H22N4O3. The molecule has 0 unspecified atom stereocenters. The van der Waals surface area contributed by atoms with Crippen LogP contribution in [0, 0.1) is 20.8 Å². The Hall–Kier alpha value is -3.48. The van der Waals surface area contributed by atoms with Gasteiger partial charge in [-0.05, 0) is 44.0 Å². The number of amides is 1. The van der Waals surface area contributed by atoms with Gasteiger partial charge in [-0.2, -0.15) is 0 Å². The van der Waals surface area contributed by atoms with Crippen molar-refractivity contribution in [2.45, 2.75) is 27.3 Å². The van der Waals surface area contributed by atoms with Gasteiger partial charge in [0.1, 0.15) is 11.3 Å². The van der Waals surface area contributed by atoms with Gasteiger partial charge in [0.2, 0.25) is 0 Å². The summed E-state index contributed by atoms with van der Waals surface area (Å²) in [5.41, 5.74) is 3.14. The lowest BCUT2D eigenvalue weighted by Crippen LogP contribution is -2.30. The van der Waals surface area contributed by atoms with E-state index in [0.29, 0.717) is 22.7 Å². The van der Waals surface area contributed by atoms with Gasteiger partial charge in [0.25, 0.3) is 11.5 Å². The lowest BCUT2D eigenvalue weighted by Gasteiger charge is -2.14. The van der Waals surface area contributed by atoms with Crippen molar-refractivity contribution in [2.75, 3.05) is 12.4 Å². The zero-order valence-corrected chi connectivity index (χ0v) is 16.3.